The lowest BCUT2D eigenvalue weighted by Gasteiger charge is -2.19. The van der Waals surface area contributed by atoms with Crippen LogP contribution >= 0.6 is 11.8 Å². The van der Waals surface area contributed by atoms with Crippen LogP contribution in [0.5, 0.6) is 0 Å². The van der Waals surface area contributed by atoms with E-state index >= 15 is 0 Å². The lowest BCUT2D eigenvalue weighted by Crippen LogP contribution is -2.13. The number of thioether (sulfide) groups is 1. The van der Waals surface area contributed by atoms with E-state index in [2.05, 4.69) is 53.2 Å². The summed E-state index contributed by atoms with van der Waals surface area (Å²) in [4.78, 5) is 4.43. The van der Waals surface area contributed by atoms with Crippen LogP contribution in [0.3, 0.4) is 0 Å². The minimum Gasteiger partial charge on any atom is -0.339 e. The average molecular weight is 387 g/mol. The molecule has 0 aliphatic carbocycles. The number of hydrogen-bond acceptors (Lipinski definition) is 7. The number of nitrogens with zero attached hydrogens (tertiary/aromatic N) is 5. The Kier molecular flexibility index (Phi) is 5.03. The van der Waals surface area contributed by atoms with Gasteiger partial charge in [0.2, 0.25) is 11.0 Å². The molecule has 0 aliphatic rings. The van der Waals surface area contributed by atoms with Gasteiger partial charge in [-0.15, -0.1) is 10.2 Å². The Labute approximate surface area is 163 Å². The van der Waals surface area contributed by atoms with Gasteiger partial charge in [-0.1, -0.05) is 82.7 Å². The van der Waals surface area contributed by atoms with Gasteiger partial charge in [0, 0.05) is 11.0 Å². The third-order valence-corrected chi connectivity index (χ3v) is 5.05. The highest BCUT2D eigenvalue weighted by molar-refractivity contribution is 7.98. The number of rotatable bonds is 4. The largest absolute Gasteiger partial charge is 0.339 e. The average Bonchev–Trinajstić information content (AvgIpc) is 3.19. The van der Waals surface area contributed by atoms with Crippen molar-refractivity contribution in [3.8, 4) is 11.4 Å². The summed E-state index contributed by atoms with van der Waals surface area (Å²) in [5.41, 5.74) is 2.12. The molecule has 0 bridgehead atoms. The highest BCUT2D eigenvalue weighted by Gasteiger charge is 2.22. The van der Waals surface area contributed by atoms with Crippen LogP contribution in [0.1, 0.15) is 58.8 Å². The molecular formula is C19H26N6OS. The van der Waals surface area contributed by atoms with Gasteiger partial charge in [0.1, 0.15) is 0 Å². The molecule has 0 amide bonds. The van der Waals surface area contributed by atoms with Crippen molar-refractivity contribution in [1.29, 1.82) is 0 Å². The van der Waals surface area contributed by atoms with Gasteiger partial charge in [0.15, 0.2) is 11.6 Å². The number of nitrogens with two attached hydrogens (primary N) is 1. The van der Waals surface area contributed by atoms with Crippen LogP contribution in [-0.2, 0) is 16.6 Å². The van der Waals surface area contributed by atoms with Crippen LogP contribution in [0, 0.1) is 0 Å². The SMILES string of the molecule is CC(C)(C)c1ccc(-c2nnc(SCc3noc(C(C)(C)C)n3)n2N)cc1. The Bertz CT molecular complexity index is 915. The van der Waals surface area contributed by atoms with Crippen LogP contribution in [0.15, 0.2) is 33.9 Å². The Morgan fingerprint density at radius 2 is 1.67 bits per heavy atom. The Balaban J connectivity index is 1.73. The Hall–Kier alpha value is -2.35. The Morgan fingerprint density at radius 1 is 1.00 bits per heavy atom. The zero-order valence-electron chi connectivity index (χ0n) is 16.6. The van der Waals surface area contributed by atoms with Crippen molar-refractivity contribution in [2.75, 3.05) is 5.84 Å². The molecule has 27 heavy (non-hydrogen) atoms. The number of aromatic nitrogens is 5. The molecule has 0 atom stereocenters. The molecule has 2 N–H and O–H groups in total. The first-order chi connectivity index (χ1) is 12.6. The molecule has 0 spiro atoms. The summed E-state index contributed by atoms with van der Waals surface area (Å²) in [5, 5.41) is 13.1. The van der Waals surface area contributed by atoms with E-state index in [4.69, 9.17) is 10.4 Å². The maximum absolute atomic E-state index is 6.20. The molecule has 0 aliphatic heterocycles. The molecule has 0 fully saturated rings. The van der Waals surface area contributed by atoms with Crippen LogP contribution < -0.4 is 5.84 Å². The van der Waals surface area contributed by atoms with Crippen molar-refractivity contribution in [1.82, 2.24) is 25.0 Å². The van der Waals surface area contributed by atoms with E-state index < -0.39 is 0 Å². The number of hydrogen-bond donors (Lipinski definition) is 1. The molecule has 0 saturated carbocycles. The van der Waals surface area contributed by atoms with Gasteiger partial charge < -0.3 is 10.4 Å². The van der Waals surface area contributed by atoms with Crippen molar-refractivity contribution in [2.45, 2.75) is 63.3 Å². The lowest BCUT2D eigenvalue weighted by molar-refractivity contribution is 0.319. The van der Waals surface area contributed by atoms with Gasteiger partial charge in [-0.2, -0.15) is 4.98 Å². The van der Waals surface area contributed by atoms with Crippen LogP contribution in [0.2, 0.25) is 0 Å². The summed E-state index contributed by atoms with van der Waals surface area (Å²) < 4.78 is 6.81. The molecule has 144 valence electrons. The second-order valence-electron chi connectivity index (χ2n) is 8.56. The third-order valence-electron chi connectivity index (χ3n) is 4.11. The molecule has 2 aromatic heterocycles. The zero-order chi connectivity index (χ0) is 19.8. The molecule has 7 nitrogen and oxygen atoms in total. The van der Waals surface area contributed by atoms with E-state index in [0.717, 1.165) is 5.56 Å². The van der Waals surface area contributed by atoms with Gasteiger partial charge in [-0.3, -0.25) is 0 Å². The first kappa shape index (κ1) is 19.4. The predicted molar refractivity (Wildman–Crippen MR) is 107 cm³/mol. The van der Waals surface area contributed by atoms with E-state index in [1.165, 1.54) is 22.0 Å². The smallest absolute Gasteiger partial charge is 0.232 e. The molecule has 3 aromatic rings. The quantitative estimate of drug-likeness (QED) is 0.536. The fraction of sp³-hybridized carbons (Fsp3) is 0.474. The first-order valence-corrected chi connectivity index (χ1v) is 9.81. The molecule has 2 heterocycles. The number of nitrogen functional groups attached to an aromatic ring is 1. The van der Waals surface area contributed by atoms with Crippen molar-refractivity contribution >= 4 is 11.8 Å². The molecule has 1 aromatic carbocycles. The summed E-state index contributed by atoms with van der Waals surface area (Å²) in [6.07, 6.45) is 0. The van der Waals surface area contributed by atoms with E-state index in [1.54, 1.807) is 0 Å². The molecule has 0 saturated heterocycles. The standard InChI is InChI=1S/C19H26N6OS/c1-18(2,3)13-9-7-12(8-10-13)15-22-23-17(25(15)20)27-11-14-21-16(26-24-14)19(4,5)6/h7-10H,11,20H2,1-6H3. The van der Waals surface area contributed by atoms with Crippen LogP contribution in [0.25, 0.3) is 11.4 Å². The highest BCUT2D eigenvalue weighted by Crippen LogP contribution is 2.27. The molecule has 3 rings (SSSR count). The predicted octanol–water partition coefficient (Wildman–Crippen LogP) is 3.93. The highest BCUT2D eigenvalue weighted by atomic mass is 32.2. The first-order valence-electron chi connectivity index (χ1n) is 8.83. The monoisotopic (exact) mass is 386 g/mol. The summed E-state index contributed by atoms with van der Waals surface area (Å²) in [5.74, 6) is 8.57. The Morgan fingerprint density at radius 3 is 2.22 bits per heavy atom. The molecule has 0 unspecified atom stereocenters. The summed E-state index contributed by atoms with van der Waals surface area (Å²) >= 11 is 1.43. The fourth-order valence-electron chi connectivity index (χ4n) is 2.44. The van der Waals surface area contributed by atoms with Crippen molar-refractivity contribution in [3.63, 3.8) is 0 Å². The second-order valence-corrected chi connectivity index (χ2v) is 9.50. The lowest BCUT2D eigenvalue weighted by atomic mass is 9.87. The third kappa shape index (κ3) is 4.32. The van der Waals surface area contributed by atoms with Crippen molar-refractivity contribution in [2.24, 2.45) is 0 Å². The molecule has 8 heteroatoms. The maximum Gasteiger partial charge on any atom is 0.232 e. The van der Waals surface area contributed by atoms with E-state index in [1.807, 2.05) is 32.9 Å². The minimum absolute atomic E-state index is 0.104. The van der Waals surface area contributed by atoms with E-state index in [-0.39, 0.29) is 10.8 Å². The van der Waals surface area contributed by atoms with Gasteiger partial charge in [0.05, 0.1) is 5.75 Å². The normalized spacial score (nSPS) is 12.5. The number of benzene rings is 1. The van der Waals surface area contributed by atoms with Gasteiger partial charge in [0.25, 0.3) is 0 Å². The summed E-state index contributed by atoms with van der Waals surface area (Å²) in [6, 6.07) is 8.25. The van der Waals surface area contributed by atoms with Crippen molar-refractivity contribution < 1.29 is 4.52 Å². The van der Waals surface area contributed by atoms with E-state index in [9.17, 15) is 0 Å². The summed E-state index contributed by atoms with van der Waals surface area (Å²) in [7, 11) is 0. The second kappa shape index (κ2) is 6.99. The van der Waals surface area contributed by atoms with E-state index in [0.29, 0.717) is 28.4 Å². The van der Waals surface area contributed by atoms with Crippen LogP contribution in [0.4, 0.5) is 0 Å². The minimum atomic E-state index is -0.170. The van der Waals surface area contributed by atoms with Gasteiger partial charge >= 0.3 is 0 Å². The van der Waals surface area contributed by atoms with Gasteiger partial charge in [-0.05, 0) is 11.0 Å². The topological polar surface area (TPSA) is 95.6 Å². The van der Waals surface area contributed by atoms with Crippen LogP contribution in [-0.4, -0.2) is 25.0 Å². The molecular weight excluding hydrogens is 360 g/mol. The summed E-state index contributed by atoms with van der Waals surface area (Å²) in [6.45, 7) is 12.7. The fourth-order valence-corrected chi connectivity index (χ4v) is 3.14. The molecule has 0 radical (unpaired) electrons. The maximum atomic E-state index is 6.20. The van der Waals surface area contributed by atoms with Crippen molar-refractivity contribution in [3.05, 3.63) is 41.5 Å². The van der Waals surface area contributed by atoms with Gasteiger partial charge in [-0.25, -0.2) is 4.68 Å². The zero-order valence-corrected chi connectivity index (χ0v) is 17.5.